The second kappa shape index (κ2) is 60.6. The molecule has 6 rings (SSSR count). The maximum absolute atomic E-state index is 11.9. The SMILES string of the molecule is C/C=C/C(=O)N[C@@H]1CNC[C@H]1NC(C)C.CC(C)N(CCNC(=O)/C=C/CN(C)C)CCc1cnc[nH]1.CC(C)N1C[C@@H](N)C[C@@H](CC(=O)/C=C/CN(C)C)C1.CC(C)N[C@@H]1CNC[C@H]1NC(=O)/C=C/CN(C)C.CC(C)N[C@H]1CCC[C@@H](NC(=O)/C=C/CN(C)C)C1.CC(C)N[C@H]1CNC[C@@H]1NC(=O)/C=C/CN(C)C. The molecule has 5 aliphatic rings. The molecule has 5 fully saturated rings. The van der Waals surface area contributed by atoms with Gasteiger partial charge >= 0.3 is 0 Å². The first kappa shape index (κ1) is 103. The number of carbonyl (C=O) groups is 6. The van der Waals surface area contributed by atoms with Crippen molar-refractivity contribution in [2.24, 2.45) is 11.7 Å². The van der Waals surface area contributed by atoms with Gasteiger partial charge in [0.05, 0.1) is 24.5 Å². The molecule has 1 aromatic rings. The van der Waals surface area contributed by atoms with Crippen LogP contribution in [-0.2, 0) is 35.2 Å². The number of allylic oxidation sites excluding steroid dienone is 2. The molecule has 0 bridgehead atoms. The van der Waals surface area contributed by atoms with Crippen LogP contribution in [0.1, 0.15) is 134 Å². The van der Waals surface area contributed by atoms with Gasteiger partial charge in [-0.15, -0.1) is 0 Å². The van der Waals surface area contributed by atoms with Crippen molar-refractivity contribution in [1.29, 1.82) is 0 Å². The first-order valence-corrected chi connectivity index (χ1v) is 41.0. The predicted molar refractivity (Wildman–Crippen MR) is 461 cm³/mol. The average Bonchev–Trinajstić information content (AvgIpc) is 1.60. The Morgan fingerprint density at radius 3 is 1.28 bits per heavy atom. The standard InChI is InChI=1S/C16H29N5O.2C15H29N3O.2C13H26N4O.C11H21N3O/c1-14(2)21(10-7-15-12-17-13-19-15)11-8-18-16(22)6-5-9-20(3)4;1-12(2)16-13-7-5-8-14(11-13)17-15(19)9-6-10-18(3)4;1-12(2)18-10-13(8-14(16)11-18)9-15(19)6-5-7-17(3)4;2*1-10(2)15-11-8-14-9-12(11)16-13(18)6-5-7-17(3)4;1-4-5-11(15)14-10-7-12-6-9(10)13-8(2)3/h5-6,12-14H,7-11H2,1-4H3,(H,17,19)(H,18,22);6,9,12-14,16H,5,7-8,10-11H2,1-4H3,(H,17,19);5-6,12-14H,7-11,16H2,1-4H3;2*5-6,10-12,14-15H,7-9H2,1-4H3,(H,16,18);4-5,8-10,12-13H,6-7H2,1-3H3,(H,14,15)/b6-5+;9-6+;3*6-5+;5-4+/t;13-,14+;13-,14-;2*11-,12-;9-,10-/m.00101/s1. The molecule has 4 aliphatic heterocycles. The molecule has 1 aliphatic carbocycles. The van der Waals surface area contributed by atoms with Gasteiger partial charge in [-0.2, -0.15) is 0 Å². The third-order valence-corrected chi connectivity index (χ3v) is 18.4. The zero-order chi connectivity index (χ0) is 83.4. The normalized spacial score (nSPS) is 22.4. The highest BCUT2D eigenvalue weighted by Crippen LogP contribution is 2.22. The fourth-order valence-corrected chi connectivity index (χ4v) is 13.1. The fraction of sp³-hybridized carbons (Fsp3) is 0.747. The summed E-state index contributed by atoms with van der Waals surface area (Å²) in [6.07, 6.45) is 31.6. The number of rotatable bonds is 38. The molecule has 638 valence electrons. The molecule has 0 radical (unpaired) electrons. The fourth-order valence-electron chi connectivity index (χ4n) is 13.1. The van der Waals surface area contributed by atoms with E-state index in [0.29, 0.717) is 85.3 Å². The number of nitrogens with zero attached hydrogens (tertiary/aromatic N) is 8. The Bertz CT molecular complexity index is 2760. The van der Waals surface area contributed by atoms with E-state index in [4.69, 9.17) is 5.73 Å². The van der Waals surface area contributed by atoms with E-state index in [0.717, 1.165) is 130 Å². The molecular weight excluding hydrogens is 1400 g/mol. The third kappa shape index (κ3) is 54.5. The van der Waals surface area contributed by atoms with E-state index in [2.05, 4.69) is 167 Å². The quantitative estimate of drug-likeness (QED) is 0.0423. The van der Waals surface area contributed by atoms with Crippen LogP contribution in [0.4, 0.5) is 0 Å². The Kier molecular flexibility index (Phi) is 56.3. The van der Waals surface area contributed by atoms with Crippen LogP contribution in [0.2, 0.25) is 0 Å². The molecule has 111 heavy (non-hydrogen) atoms. The number of H-pyrrole nitrogens is 1. The largest absolute Gasteiger partial charge is 0.351 e. The monoisotopic (exact) mass is 1560 g/mol. The first-order valence-electron chi connectivity index (χ1n) is 41.0. The van der Waals surface area contributed by atoms with Gasteiger partial charge < -0.3 is 99.0 Å². The number of aromatic nitrogens is 2. The number of piperidine rings is 1. The molecule has 0 spiro atoms. The molecule has 5 amide bonds. The van der Waals surface area contributed by atoms with Gasteiger partial charge in [0.25, 0.3) is 0 Å². The summed E-state index contributed by atoms with van der Waals surface area (Å²) in [5, 5.41) is 38.9. The van der Waals surface area contributed by atoms with E-state index in [1.807, 2.05) is 138 Å². The Morgan fingerprint density at radius 1 is 0.495 bits per heavy atom. The lowest BCUT2D eigenvalue weighted by molar-refractivity contribution is -0.118. The highest BCUT2D eigenvalue weighted by Gasteiger charge is 2.32. The minimum absolute atomic E-state index is 0.0123. The van der Waals surface area contributed by atoms with Crippen LogP contribution in [0.3, 0.4) is 0 Å². The lowest BCUT2D eigenvalue weighted by Crippen LogP contribution is -2.50. The summed E-state index contributed by atoms with van der Waals surface area (Å²) < 4.78 is 0. The number of likely N-dealkylation sites (tertiary alicyclic amines) is 1. The first-order chi connectivity index (χ1) is 52.4. The van der Waals surface area contributed by atoms with Crippen LogP contribution in [-0.4, -0.2) is 345 Å². The van der Waals surface area contributed by atoms with Gasteiger partial charge in [-0.1, -0.05) is 91.8 Å². The van der Waals surface area contributed by atoms with Crippen LogP contribution in [0.25, 0.3) is 0 Å². The Morgan fingerprint density at radius 2 is 0.892 bits per heavy atom. The van der Waals surface area contributed by atoms with Crippen molar-refractivity contribution in [1.82, 2.24) is 108 Å². The molecular formula is C83H160N22O6. The highest BCUT2D eigenvalue weighted by atomic mass is 16.2. The third-order valence-electron chi connectivity index (χ3n) is 18.4. The average molecular weight is 1560 g/mol. The summed E-state index contributed by atoms with van der Waals surface area (Å²) >= 11 is 0. The summed E-state index contributed by atoms with van der Waals surface area (Å²) in [6, 6.07) is 5.34. The van der Waals surface area contributed by atoms with Crippen LogP contribution in [0, 0.1) is 5.92 Å². The molecule has 5 heterocycles. The number of nitrogens with one attached hydrogen (secondary N) is 13. The van der Waals surface area contributed by atoms with Crippen molar-refractivity contribution in [3.05, 3.63) is 91.1 Å². The van der Waals surface area contributed by atoms with E-state index in [1.165, 1.54) is 12.8 Å². The molecule has 0 aromatic carbocycles. The summed E-state index contributed by atoms with van der Waals surface area (Å²) in [6.45, 7) is 41.2. The number of carbonyl (C=O) groups excluding carboxylic acids is 6. The number of ketones is 1. The van der Waals surface area contributed by atoms with Crippen molar-refractivity contribution in [2.75, 3.05) is 175 Å². The van der Waals surface area contributed by atoms with Crippen molar-refractivity contribution >= 4 is 35.3 Å². The van der Waals surface area contributed by atoms with Gasteiger partial charge in [0, 0.05) is 226 Å². The summed E-state index contributed by atoms with van der Waals surface area (Å²) in [5.41, 5.74) is 7.23. The van der Waals surface area contributed by atoms with E-state index >= 15 is 0 Å². The van der Waals surface area contributed by atoms with E-state index in [1.54, 1.807) is 48.9 Å². The van der Waals surface area contributed by atoms with E-state index < -0.39 is 0 Å². The number of aromatic amines is 1. The van der Waals surface area contributed by atoms with Gasteiger partial charge in [0.15, 0.2) is 5.78 Å². The number of nitrogens with two attached hydrogens (primary N) is 1. The van der Waals surface area contributed by atoms with Crippen molar-refractivity contribution in [2.45, 2.75) is 226 Å². The maximum atomic E-state index is 11.9. The van der Waals surface area contributed by atoms with Gasteiger partial charge in [-0.25, -0.2) is 4.98 Å². The zero-order valence-corrected chi connectivity index (χ0v) is 73.2. The minimum Gasteiger partial charge on any atom is -0.351 e. The molecule has 28 nitrogen and oxygen atoms in total. The summed E-state index contributed by atoms with van der Waals surface area (Å²) in [5.74, 6) is 0.604. The minimum atomic E-state index is -0.0286. The Balaban J connectivity index is 0.000000668. The lowest BCUT2D eigenvalue weighted by Gasteiger charge is -2.38. The van der Waals surface area contributed by atoms with Gasteiger partial charge in [0.2, 0.25) is 29.5 Å². The topological polar surface area (TPSA) is 324 Å². The lowest BCUT2D eigenvalue weighted by atomic mass is 9.89. The maximum Gasteiger partial charge on any atom is 0.244 e. The smallest absolute Gasteiger partial charge is 0.244 e. The number of likely N-dealkylation sites (N-methyl/N-ethyl adjacent to an activating group) is 5. The molecule has 15 N–H and O–H groups in total. The molecule has 10 atom stereocenters. The molecule has 0 unspecified atom stereocenters. The van der Waals surface area contributed by atoms with Crippen LogP contribution in [0.15, 0.2) is 85.4 Å². The van der Waals surface area contributed by atoms with E-state index in [9.17, 15) is 28.8 Å². The molecule has 1 saturated carbocycles. The molecule has 28 heteroatoms. The van der Waals surface area contributed by atoms with Crippen LogP contribution < -0.4 is 69.5 Å². The van der Waals surface area contributed by atoms with Crippen molar-refractivity contribution < 1.29 is 28.8 Å². The van der Waals surface area contributed by atoms with Crippen molar-refractivity contribution in [3.63, 3.8) is 0 Å². The van der Waals surface area contributed by atoms with Crippen LogP contribution in [0.5, 0.6) is 0 Å². The second-order valence-electron chi connectivity index (χ2n) is 33.1. The van der Waals surface area contributed by atoms with Gasteiger partial charge in [-0.3, -0.25) is 38.6 Å². The molecule has 4 saturated heterocycles. The molecule has 1 aromatic heterocycles. The predicted octanol–water partition coefficient (Wildman–Crippen LogP) is 2.68. The number of hydrogen-bond acceptors (Lipinski definition) is 22. The van der Waals surface area contributed by atoms with Crippen molar-refractivity contribution in [3.8, 4) is 0 Å². The van der Waals surface area contributed by atoms with E-state index in [-0.39, 0.29) is 59.5 Å². The number of imidazole rings is 1. The Hall–Kier alpha value is -5.93. The number of amides is 5. The summed E-state index contributed by atoms with van der Waals surface area (Å²) in [4.78, 5) is 92.2. The van der Waals surface area contributed by atoms with Gasteiger partial charge in [0.1, 0.15) is 0 Å². The highest BCUT2D eigenvalue weighted by molar-refractivity contribution is 5.90. The number of hydrogen-bond donors (Lipinski definition) is 14. The van der Waals surface area contributed by atoms with Crippen LogP contribution >= 0.6 is 0 Å². The van der Waals surface area contributed by atoms with Gasteiger partial charge in [-0.05, 0) is 155 Å². The second-order valence-corrected chi connectivity index (χ2v) is 33.1. The zero-order valence-electron chi connectivity index (χ0n) is 73.2. The Labute approximate surface area is 672 Å². The summed E-state index contributed by atoms with van der Waals surface area (Å²) in [7, 11) is 19.8.